The van der Waals surface area contributed by atoms with Crippen molar-refractivity contribution in [1.29, 1.82) is 0 Å². The van der Waals surface area contributed by atoms with E-state index in [9.17, 15) is 14.4 Å². The van der Waals surface area contributed by atoms with E-state index in [2.05, 4.69) is 0 Å². The maximum atomic E-state index is 11.5. The Morgan fingerprint density at radius 1 is 0.929 bits per heavy atom. The zero-order valence-electron chi connectivity index (χ0n) is 6.99. The van der Waals surface area contributed by atoms with Gasteiger partial charge in [0.25, 0.3) is 0 Å². The average Bonchev–Trinajstić information content (AvgIpc) is 2.23. The highest BCUT2D eigenvalue weighted by molar-refractivity contribution is 6.63. The number of rotatable bonds is 0. The Labute approximate surface area is 84.7 Å². The summed E-state index contributed by atoms with van der Waals surface area (Å²) in [5, 5.41) is -1.35. The molecule has 0 aromatic heterocycles. The fourth-order valence-electron chi connectivity index (χ4n) is 1.40. The molecule has 1 aromatic carbocycles. The number of fused-ring (bicyclic) bond motifs is 1. The summed E-state index contributed by atoms with van der Waals surface area (Å²) in [6.07, 6.45) is 0. The molecule has 1 atom stereocenters. The number of ketones is 3. The van der Waals surface area contributed by atoms with Crippen LogP contribution < -0.4 is 0 Å². The van der Waals surface area contributed by atoms with Gasteiger partial charge < -0.3 is 0 Å². The van der Waals surface area contributed by atoms with Crippen LogP contribution in [-0.2, 0) is 4.79 Å². The summed E-state index contributed by atoms with van der Waals surface area (Å²) in [7, 11) is 0. The molecule has 1 aliphatic carbocycles. The third-order valence-corrected chi connectivity index (χ3v) is 2.52. The molecular weight excluding hydrogens is 204 g/mol. The number of carbonyl (C=O) groups is 3. The molecule has 0 spiro atoms. The van der Waals surface area contributed by atoms with Crippen molar-refractivity contribution in [2.75, 3.05) is 0 Å². The van der Waals surface area contributed by atoms with Crippen LogP contribution in [0.3, 0.4) is 0 Å². The second-order valence-corrected chi connectivity index (χ2v) is 3.40. The lowest BCUT2D eigenvalue weighted by Gasteiger charge is -2.15. The molecule has 3 nitrogen and oxygen atoms in total. The Morgan fingerprint density at radius 3 is 2.14 bits per heavy atom. The zero-order valence-corrected chi connectivity index (χ0v) is 7.75. The fourth-order valence-corrected chi connectivity index (χ4v) is 1.62. The van der Waals surface area contributed by atoms with Crippen molar-refractivity contribution in [2.24, 2.45) is 0 Å². The van der Waals surface area contributed by atoms with E-state index in [1.165, 1.54) is 12.1 Å². The number of halogens is 1. The van der Waals surface area contributed by atoms with E-state index >= 15 is 0 Å². The SMILES string of the molecule is O=C1C(=O)C(Cl)C(=O)c2ccccc21. The number of benzene rings is 1. The Morgan fingerprint density at radius 2 is 1.50 bits per heavy atom. The molecule has 1 unspecified atom stereocenters. The second-order valence-electron chi connectivity index (χ2n) is 2.97. The van der Waals surface area contributed by atoms with E-state index in [0.29, 0.717) is 0 Å². The van der Waals surface area contributed by atoms with Gasteiger partial charge in [-0.25, -0.2) is 0 Å². The molecule has 70 valence electrons. The first-order valence-electron chi connectivity index (χ1n) is 3.99. The topological polar surface area (TPSA) is 51.2 Å². The lowest BCUT2D eigenvalue weighted by atomic mass is 9.88. The van der Waals surface area contributed by atoms with Gasteiger partial charge in [0, 0.05) is 11.1 Å². The maximum absolute atomic E-state index is 11.5. The molecule has 0 bridgehead atoms. The van der Waals surface area contributed by atoms with Gasteiger partial charge in [0.1, 0.15) is 0 Å². The smallest absolute Gasteiger partial charge is 0.231 e. The highest BCUT2D eigenvalue weighted by atomic mass is 35.5. The van der Waals surface area contributed by atoms with Gasteiger partial charge in [-0.2, -0.15) is 0 Å². The molecule has 0 radical (unpaired) electrons. The normalized spacial score (nSPS) is 20.9. The fraction of sp³-hybridized carbons (Fsp3) is 0.100. The van der Waals surface area contributed by atoms with Gasteiger partial charge in [-0.1, -0.05) is 24.3 Å². The second kappa shape index (κ2) is 3.03. The Balaban J connectivity index is 2.68. The van der Waals surface area contributed by atoms with Crippen LogP contribution in [0.1, 0.15) is 20.7 Å². The summed E-state index contributed by atoms with van der Waals surface area (Å²) >= 11 is 5.52. The molecule has 0 saturated heterocycles. The lowest BCUT2D eigenvalue weighted by molar-refractivity contribution is -0.114. The largest absolute Gasteiger partial charge is 0.292 e. The van der Waals surface area contributed by atoms with Crippen molar-refractivity contribution < 1.29 is 14.4 Å². The van der Waals surface area contributed by atoms with Crippen LogP contribution in [0.25, 0.3) is 0 Å². The molecular formula is C10H5ClO3. The third kappa shape index (κ3) is 1.09. The summed E-state index contributed by atoms with van der Waals surface area (Å²) in [6.45, 7) is 0. The van der Waals surface area contributed by atoms with E-state index in [-0.39, 0.29) is 11.1 Å². The minimum Gasteiger partial charge on any atom is -0.292 e. The molecule has 1 aromatic rings. The van der Waals surface area contributed by atoms with E-state index in [1.807, 2.05) is 0 Å². The van der Waals surface area contributed by atoms with Crippen molar-refractivity contribution >= 4 is 29.0 Å². The van der Waals surface area contributed by atoms with E-state index < -0.39 is 22.7 Å². The maximum Gasteiger partial charge on any atom is 0.231 e. The van der Waals surface area contributed by atoms with Gasteiger partial charge in [0.2, 0.25) is 11.6 Å². The van der Waals surface area contributed by atoms with Crippen LogP contribution in [0.15, 0.2) is 24.3 Å². The first-order valence-corrected chi connectivity index (χ1v) is 4.42. The predicted octanol–water partition coefficient (Wildman–Crippen LogP) is 1.24. The van der Waals surface area contributed by atoms with Crippen molar-refractivity contribution in [2.45, 2.75) is 5.38 Å². The number of hydrogen-bond donors (Lipinski definition) is 0. The third-order valence-electron chi connectivity index (χ3n) is 2.12. The molecule has 2 rings (SSSR count). The molecule has 0 aliphatic heterocycles. The van der Waals surface area contributed by atoms with Crippen LogP contribution >= 0.6 is 11.6 Å². The number of alkyl halides is 1. The highest BCUT2D eigenvalue weighted by Gasteiger charge is 2.38. The van der Waals surface area contributed by atoms with Gasteiger partial charge >= 0.3 is 0 Å². The van der Waals surface area contributed by atoms with Crippen LogP contribution in [-0.4, -0.2) is 22.7 Å². The summed E-state index contributed by atoms with van der Waals surface area (Å²) < 4.78 is 0. The molecule has 0 saturated carbocycles. The number of carbonyl (C=O) groups excluding carboxylic acids is 3. The summed E-state index contributed by atoms with van der Waals surface area (Å²) in [6, 6.07) is 6.18. The minimum absolute atomic E-state index is 0.152. The first kappa shape index (κ1) is 9.09. The Hall–Kier alpha value is -1.48. The predicted molar refractivity (Wildman–Crippen MR) is 49.8 cm³/mol. The van der Waals surface area contributed by atoms with Gasteiger partial charge in [0.05, 0.1) is 0 Å². The minimum atomic E-state index is -1.35. The molecule has 0 N–H and O–H groups in total. The lowest BCUT2D eigenvalue weighted by Crippen LogP contribution is -2.37. The van der Waals surface area contributed by atoms with Crippen LogP contribution in [0.5, 0.6) is 0 Å². The van der Waals surface area contributed by atoms with Crippen molar-refractivity contribution in [3.05, 3.63) is 35.4 Å². The van der Waals surface area contributed by atoms with E-state index in [4.69, 9.17) is 11.6 Å². The van der Waals surface area contributed by atoms with Gasteiger partial charge in [-0.05, 0) is 0 Å². The standard InChI is InChI=1S/C10H5ClO3/c11-7-8(12)5-3-1-2-4-6(5)9(13)10(7)14/h1-4,7H. The van der Waals surface area contributed by atoms with Crippen LogP contribution in [0.2, 0.25) is 0 Å². The molecule has 1 aliphatic rings. The van der Waals surface area contributed by atoms with E-state index in [0.717, 1.165) is 0 Å². The van der Waals surface area contributed by atoms with Gasteiger partial charge in [-0.15, -0.1) is 11.6 Å². The van der Waals surface area contributed by atoms with Crippen LogP contribution in [0, 0.1) is 0 Å². The average molecular weight is 209 g/mol. The van der Waals surface area contributed by atoms with E-state index in [1.54, 1.807) is 12.1 Å². The van der Waals surface area contributed by atoms with Crippen LogP contribution in [0.4, 0.5) is 0 Å². The monoisotopic (exact) mass is 208 g/mol. The van der Waals surface area contributed by atoms with Crippen molar-refractivity contribution in [3.63, 3.8) is 0 Å². The quantitative estimate of drug-likeness (QED) is 0.366. The summed E-state index contributed by atoms with van der Waals surface area (Å²) in [5.41, 5.74) is 0.386. The molecule has 14 heavy (non-hydrogen) atoms. The molecule has 0 amide bonds. The number of hydrogen-bond acceptors (Lipinski definition) is 3. The van der Waals surface area contributed by atoms with Gasteiger partial charge in [-0.3, -0.25) is 14.4 Å². The molecule has 4 heteroatoms. The Bertz CT molecular complexity index is 450. The van der Waals surface area contributed by atoms with Gasteiger partial charge in [0.15, 0.2) is 11.2 Å². The Kier molecular flexibility index (Phi) is 1.97. The first-order chi connectivity index (χ1) is 6.63. The van der Waals surface area contributed by atoms with Crippen molar-refractivity contribution in [3.8, 4) is 0 Å². The summed E-state index contributed by atoms with van der Waals surface area (Å²) in [5.74, 6) is -2.01. The summed E-state index contributed by atoms with van der Waals surface area (Å²) in [4.78, 5) is 34.0. The number of Topliss-reactive ketones (excluding diaryl/α,β-unsaturated/α-hetero) is 3. The molecule has 0 heterocycles. The zero-order chi connectivity index (χ0) is 10.3. The van der Waals surface area contributed by atoms with Crippen molar-refractivity contribution in [1.82, 2.24) is 0 Å². The highest BCUT2D eigenvalue weighted by Crippen LogP contribution is 2.21. The molecule has 0 fully saturated rings.